The Morgan fingerprint density at radius 1 is 0.465 bits per heavy atom. The van der Waals surface area contributed by atoms with Gasteiger partial charge in [-0.25, -0.2) is 0 Å². The molecule has 2 nitrogen and oxygen atoms in total. The molecule has 262 valence electrons. The van der Waals surface area contributed by atoms with E-state index in [0.29, 0.717) is 8.64 Å². The van der Waals surface area contributed by atoms with Gasteiger partial charge in [0.15, 0.2) is 0 Å². The molecule has 0 spiro atoms. The Kier molecular flexibility index (Phi) is 47.9. The van der Waals surface area contributed by atoms with Gasteiger partial charge >= 0.3 is 0 Å². The average molecular weight is 793 g/mol. The largest absolute Gasteiger partial charge is 2.00 e. The van der Waals surface area contributed by atoms with E-state index in [1.54, 1.807) is 0 Å². The number of thiocarbonyl (C=S) groups is 2. The Hall–Kier alpha value is 1.61. The number of hydrogen-bond donors (Lipinski definition) is 0. The predicted octanol–water partition coefficient (Wildman–Crippen LogP) is 11.1. The molecule has 0 radical (unpaired) electrons. The molecular formula is C34H68MoN2S6-6. The SMILES string of the molecule is CCCCC(CC)CN(CC(CC)CCCC)C(=S)[S-].CCCCC(CC)CN(CC(CC)CCCC)C(=S)[S-].[Mo].[S-2].[S-2]. The van der Waals surface area contributed by atoms with Crippen molar-refractivity contribution in [3.63, 3.8) is 0 Å². The molecule has 0 heterocycles. The van der Waals surface area contributed by atoms with Gasteiger partial charge in [0, 0.05) is 47.2 Å². The van der Waals surface area contributed by atoms with Crippen LogP contribution in [0.5, 0.6) is 0 Å². The fourth-order valence-electron chi connectivity index (χ4n) is 5.36. The summed E-state index contributed by atoms with van der Waals surface area (Å²) in [5, 5.41) is 0. The van der Waals surface area contributed by atoms with Gasteiger partial charge in [0.2, 0.25) is 0 Å². The summed E-state index contributed by atoms with van der Waals surface area (Å²) in [6.07, 6.45) is 20.6. The number of unbranched alkanes of at least 4 members (excludes halogenated alkanes) is 4. The van der Waals surface area contributed by atoms with Gasteiger partial charge in [0.25, 0.3) is 0 Å². The molecule has 0 aliphatic heterocycles. The molecular weight excluding hydrogens is 725 g/mol. The van der Waals surface area contributed by atoms with E-state index in [1.807, 2.05) is 0 Å². The van der Waals surface area contributed by atoms with E-state index < -0.39 is 0 Å². The first-order valence-corrected chi connectivity index (χ1v) is 18.7. The van der Waals surface area contributed by atoms with E-state index in [4.69, 9.17) is 49.7 Å². The van der Waals surface area contributed by atoms with E-state index in [9.17, 15) is 0 Å². The fraction of sp³-hybridized carbons (Fsp3) is 0.941. The molecule has 4 unspecified atom stereocenters. The van der Waals surface area contributed by atoms with Crippen molar-refractivity contribution in [2.75, 3.05) is 26.2 Å². The van der Waals surface area contributed by atoms with Crippen molar-refractivity contribution in [3.05, 3.63) is 0 Å². The molecule has 0 aromatic heterocycles. The van der Waals surface area contributed by atoms with Crippen LogP contribution in [0.2, 0.25) is 0 Å². The van der Waals surface area contributed by atoms with Crippen LogP contribution in [0, 0.1) is 23.7 Å². The zero-order chi connectivity index (χ0) is 30.8. The van der Waals surface area contributed by atoms with Crippen LogP contribution in [0.1, 0.15) is 158 Å². The van der Waals surface area contributed by atoms with Gasteiger partial charge in [-0.15, -0.1) is 0 Å². The smallest absolute Gasteiger partial charge is 0.0190 e. The van der Waals surface area contributed by atoms with E-state index in [-0.39, 0.29) is 48.1 Å². The molecule has 0 rings (SSSR count). The Bertz CT molecular complexity index is 513. The van der Waals surface area contributed by atoms with Crippen LogP contribution in [-0.2, 0) is 73.3 Å². The van der Waals surface area contributed by atoms with Gasteiger partial charge in [0.1, 0.15) is 0 Å². The first-order valence-electron chi connectivity index (χ1n) is 17.1. The Balaban J connectivity index is -0.000000209. The topological polar surface area (TPSA) is 6.48 Å². The molecule has 0 aromatic rings. The molecule has 0 bridgehead atoms. The first kappa shape index (κ1) is 54.1. The van der Waals surface area contributed by atoms with Crippen LogP contribution in [0.25, 0.3) is 0 Å². The molecule has 0 aliphatic carbocycles. The van der Waals surface area contributed by atoms with Crippen molar-refractivity contribution in [1.29, 1.82) is 0 Å². The molecule has 4 atom stereocenters. The minimum absolute atomic E-state index is 0. The minimum Gasteiger partial charge on any atom is -2.00 e. The molecule has 0 fully saturated rings. The molecule has 0 saturated carbocycles. The van der Waals surface area contributed by atoms with Gasteiger partial charge in [-0.3, -0.25) is 0 Å². The van der Waals surface area contributed by atoms with Crippen LogP contribution in [0.4, 0.5) is 0 Å². The average Bonchev–Trinajstić information content (AvgIpc) is 2.95. The molecule has 9 heteroatoms. The zero-order valence-electron chi connectivity index (χ0n) is 29.2. The monoisotopic (exact) mass is 794 g/mol. The summed E-state index contributed by atoms with van der Waals surface area (Å²) in [5.41, 5.74) is 0. The quantitative estimate of drug-likeness (QED) is 0.0542. The van der Waals surface area contributed by atoms with E-state index in [2.05, 4.69) is 65.2 Å². The van der Waals surface area contributed by atoms with Crippen LogP contribution < -0.4 is 0 Å². The van der Waals surface area contributed by atoms with Crippen molar-refractivity contribution in [2.45, 2.75) is 158 Å². The Labute approximate surface area is 321 Å². The van der Waals surface area contributed by atoms with Crippen LogP contribution in [0.15, 0.2) is 0 Å². The van der Waals surface area contributed by atoms with Gasteiger partial charge in [-0.05, 0) is 49.4 Å². The maximum absolute atomic E-state index is 5.32. The number of rotatable bonds is 24. The van der Waals surface area contributed by atoms with Gasteiger partial charge in [0.05, 0.1) is 0 Å². The maximum atomic E-state index is 5.32. The molecule has 0 saturated heterocycles. The Morgan fingerprint density at radius 2 is 0.651 bits per heavy atom. The second kappa shape index (κ2) is 38.1. The molecule has 43 heavy (non-hydrogen) atoms. The molecule has 0 N–H and O–H groups in total. The zero-order valence-corrected chi connectivity index (χ0v) is 36.1. The van der Waals surface area contributed by atoms with Crippen molar-refractivity contribution < 1.29 is 21.1 Å². The van der Waals surface area contributed by atoms with E-state index >= 15 is 0 Å². The third kappa shape index (κ3) is 30.7. The summed E-state index contributed by atoms with van der Waals surface area (Å²) in [6.45, 7) is 22.5. The summed E-state index contributed by atoms with van der Waals surface area (Å²) in [6, 6.07) is 0. The first-order chi connectivity index (χ1) is 19.2. The maximum Gasteiger partial charge on any atom is 0.0190 e. The van der Waals surface area contributed by atoms with Crippen LogP contribution in [-0.4, -0.2) is 44.6 Å². The number of hydrogen-bond acceptors (Lipinski definition) is 4. The predicted molar refractivity (Wildman–Crippen MR) is 211 cm³/mol. The number of nitrogens with zero attached hydrogens (tertiary/aromatic N) is 2. The third-order valence-electron chi connectivity index (χ3n) is 8.60. The summed E-state index contributed by atoms with van der Waals surface area (Å²) < 4.78 is 1.35. The van der Waals surface area contributed by atoms with Gasteiger partial charge < -0.3 is 86.5 Å². The summed E-state index contributed by atoms with van der Waals surface area (Å²) in [7, 11) is 0. The molecule has 0 amide bonds. The van der Waals surface area contributed by atoms with Crippen molar-refractivity contribution in [1.82, 2.24) is 9.80 Å². The standard InChI is InChI=1S/2C17H35NS2.Mo.2S/c2*1-5-9-11-15(7-3)13-18(17(19)20)14-16(8-4)12-10-6-2;;;/h2*15-16H,5-14H2,1-4H3,(H,19,20);;;/q;;;2*-2/p-2. The van der Waals surface area contributed by atoms with Gasteiger partial charge in [-0.2, -0.15) is 0 Å². The van der Waals surface area contributed by atoms with E-state index in [0.717, 1.165) is 49.9 Å². The fourth-order valence-corrected chi connectivity index (χ4v) is 5.96. The molecule has 0 aliphatic rings. The summed E-state index contributed by atoms with van der Waals surface area (Å²) in [4.78, 5) is 4.61. The van der Waals surface area contributed by atoms with Crippen molar-refractivity contribution in [3.8, 4) is 0 Å². The van der Waals surface area contributed by atoms with Gasteiger partial charge in [-0.1, -0.05) is 141 Å². The Morgan fingerprint density at radius 3 is 0.767 bits per heavy atom. The van der Waals surface area contributed by atoms with Crippen molar-refractivity contribution >= 4 is 85.3 Å². The summed E-state index contributed by atoms with van der Waals surface area (Å²) in [5.74, 6) is 3.00. The second-order valence-corrected chi connectivity index (χ2v) is 14.1. The normalized spacial score (nSPS) is 13.0. The summed E-state index contributed by atoms with van der Waals surface area (Å²) >= 11 is 21.3. The van der Waals surface area contributed by atoms with E-state index in [1.165, 1.54) is 103 Å². The minimum atomic E-state index is 0. The second-order valence-electron chi connectivity index (χ2n) is 12.0. The molecule has 0 aromatic carbocycles. The van der Waals surface area contributed by atoms with Crippen LogP contribution >= 0.6 is 24.4 Å². The van der Waals surface area contributed by atoms with Crippen LogP contribution in [0.3, 0.4) is 0 Å². The third-order valence-corrected chi connectivity index (χ3v) is 9.64. The van der Waals surface area contributed by atoms with Crippen molar-refractivity contribution in [2.24, 2.45) is 23.7 Å².